The van der Waals surface area contributed by atoms with E-state index in [1.54, 1.807) is 0 Å². The second-order valence-electron chi connectivity index (χ2n) is 9.06. The number of benzene rings is 1. The molecule has 4 rings (SSSR count). The molecule has 2 aliphatic heterocycles. The number of carbonyl (C=O) groups excluding carboxylic acids is 1. The van der Waals surface area contributed by atoms with Crippen molar-refractivity contribution in [3.8, 4) is 11.5 Å². The molecule has 0 spiro atoms. The number of allylic oxidation sites excluding steroid dienone is 1. The molecule has 0 aromatic heterocycles. The summed E-state index contributed by atoms with van der Waals surface area (Å²) < 4.78 is 48.3. The van der Waals surface area contributed by atoms with Crippen LogP contribution in [-0.2, 0) is 4.79 Å². The van der Waals surface area contributed by atoms with Gasteiger partial charge in [0, 0.05) is 11.6 Å². The van der Waals surface area contributed by atoms with Crippen molar-refractivity contribution in [2.45, 2.75) is 76.9 Å². The van der Waals surface area contributed by atoms with Crippen LogP contribution >= 0.6 is 0 Å². The molecule has 1 aliphatic carbocycles. The standard InChI is InChI=1S/C24H31F3N2O3.C2H6/c25-24(26,27)15-22(30)28-19-4-1-3-17(7-8-19)9-12-29-13-10-18(11-14-29)20-5-2-6-21-23(20)32-16-31-21;1-2/h1-2,4-6,17-19H,3,7-16H2,(H,28,30);1-2H3/t17-,19?;/m1./s1. The van der Waals surface area contributed by atoms with E-state index in [4.69, 9.17) is 9.47 Å². The van der Waals surface area contributed by atoms with Gasteiger partial charge in [0.05, 0.1) is 0 Å². The minimum absolute atomic E-state index is 0.299. The van der Waals surface area contributed by atoms with Crippen molar-refractivity contribution in [1.82, 2.24) is 10.2 Å². The Hall–Kier alpha value is -2.22. The molecule has 1 N–H and O–H groups in total. The first-order chi connectivity index (χ1) is 16.4. The molecule has 0 saturated carbocycles. The summed E-state index contributed by atoms with van der Waals surface area (Å²) in [6.07, 6.45) is 3.75. The molecule has 1 aromatic rings. The zero-order chi connectivity index (χ0) is 24.6. The summed E-state index contributed by atoms with van der Waals surface area (Å²) in [7, 11) is 0. The fourth-order valence-corrected chi connectivity index (χ4v) is 4.99. The van der Waals surface area contributed by atoms with Crippen LogP contribution in [0.5, 0.6) is 11.5 Å². The van der Waals surface area contributed by atoms with E-state index in [1.165, 1.54) is 5.56 Å². The van der Waals surface area contributed by atoms with Crippen molar-refractivity contribution < 1.29 is 27.4 Å². The number of likely N-dealkylation sites (tertiary alicyclic amines) is 1. The normalized spacial score (nSPS) is 23.1. The zero-order valence-electron chi connectivity index (χ0n) is 20.2. The molecule has 1 fully saturated rings. The molecular weight excluding hydrogens is 445 g/mol. The highest BCUT2D eigenvalue weighted by Gasteiger charge is 2.32. The maximum atomic E-state index is 12.4. The summed E-state index contributed by atoms with van der Waals surface area (Å²) in [6.45, 7) is 7.43. The van der Waals surface area contributed by atoms with Crippen LogP contribution in [0.1, 0.15) is 70.3 Å². The second kappa shape index (κ2) is 12.5. The van der Waals surface area contributed by atoms with E-state index in [0.29, 0.717) is 25.0 Å². The van der Waals surface area contributed by atoms with Gasteiger partial charge in [0.25, 0.3) is 0 Å². The lowest BCUT2D eigenvalue weighted by molar-refractivity contribution is -0.154. The number of nitrogens with zero attached hydrogens (tertiary/aromatic N) is 1. The number of halogens is 3. The number of ether oxygens (including phenoxy) is 2. The third-order valence-corrected chi connectivity index (χ3v) is 6.74. The fourth-order valence-electron chi connectivity index (χ4n) is 4.99. The van der Waals surface area contributed by atoms with Gasteiger partial charge in [0.15, 0.2) is 11.5 Å². The van der Waals surface area contributed by atoms with E-state index in [2.05, 4.69) is 16.3 Å². The molecule has 2 heterocycles. The van der Waals surface area contributed by atoms with E-state index >= 15 is 0 Å². The van der Waals surface area contributed by atoms with Crippen LogP contribution in [0.15, 0.2) is 30.4 Å². The fraction of sp³-hybridized carbons (Fsp3) is 0.654. The highest BCUT2D eigenvalue weighted by Crippen LogP contribution is 2.42. The molecule has 0 radical (unpaired) electrons. The number of hydrogen-bond acceptors (Lipinski definition) is 4. The average molecular weight is 483 g/mol. The number of piperidine rings is 1. The van der Waals surface area contributed by atoms with Crippen molar-refractivity contribution in [2.24, 2.45) is 5.92 Å². The van der Waals surface area contributed by atoms with E-state index in [9.17, 15) is 18.0 Å². The number of rotatable bonds is 6. The molecule has 1 unspecified atom stereocenters. The third kappa shape index (κ3) is 7.65. The predicted octanol–water partition coefficient (Wildman–Crippen LogP) is 5.80. The molecule has 8 heteroatoms. The number of carbonyl (C=O) groups is 1. The summed E-state index contributed by atoms with van der Waals surface area (Å²) in [5.41, 5.74) is 1.26. The largest absolute Gasteiger partial charge is 0.454 e. The third-order valence-electron chi connectivity index (χ3n) is 6.74. The molecular formula is C26H37F3N2O3. The first-order valence-electron chi connectivity index (χ1n) is 12.5. The van der Waals surface area contributed by atoms with Gasteiger partial charge in [-0.05, 0) is 76.1 Å². The van der Waals surface area contributed by atoms with Gasteiger partial charge in [0.2, 0.25) is 12.7 Å². The van der Waals surface area contributed by atoms with Crippen molar-refractivity contribution >= 4 is 5.91 Å². The molecule has 5 nitrogen and oxygen atoms in total. The van der Waals surface area contributed by atoms with Crippen LogP contribution < -0.4 is 14.8 Å². The molecule has 190 valence electrons. The number of alkyl halides is 3. The van der Waals surface area contributed by atoms with Gasteiger partial charge >= 0.3 is 6.18 Å². The number of para-hydroxylation sites is 1. The van der Waals surface area contributed by atoms with Gasteiger partial charge in [0.1, 0.15) is 6.42 Å². The van der Waals surface area contributed by atoms with Gasteiger partial charge in [-0.3, -0.25) is 4.79 Å². The highest BCUT2D eigenvalue weighted by atomic mass is 19.4. The van der Waals surface area contributed by atoms with Crippen LogP contribution in [0.2, 0.25) is 0 Å². The Kier molecular flexibility index (Phi) is 9.68. The van der Waals surface area contributed by atoms with Gasteiger partial charge in [-0.2, -0.15) is 13.2 Å². The summed E-state index contributed by atoms with van der Waals surface area (Å²) in [4.78, 5) is 14.1. The molecule has 0 bridgehead atoms. The molecule has 3 aliphatic rings. The molecule has 1 aromatic carbocycles. The van der Waals surface area contributed by atoms with Crippen LogP contribution in [0.25, 0.3) is 0 Å². The lowest BCUT2D eigenvalue weighted by Gasteiger charge is -2.33. The maximum Gasteiger partial charge on any atom is 0.397 e. The topological polar surface area (TPSA) is 50.8 Å². The summed E-state index contributed by atoms with van der Waals surface area (Å²) >= 11 is 0. The number of amides is 1. The van der Waals surface area contributed by atoms with Crippen molar-refractivity contribution in [1.29, 1.82) is 0 Å². The monoisotopic (exact) mass is 482 g/mol. The van der Waals surface area contributed by atoms with Crippen LogP contribution in [0.3, 0.4) is 0 Å². The van der Waals surface area contributed by atoms with E-state index in [1.807, 2.05) is 38.1 Å². The molecule has 1 saturated heterocycles. The lowest BCUT2D eigenvalue weighted by atomic mass is 9.88. The van der Waals surface area contributed by atoms with Crippen LogP contribution in [0, 0.1) is 5.92 Å². The molecule has 1 amide bonds. The Labute approximate surface area is 200 Å². The predicted molar refractivity (Wildman–Crippen MR) is 126 cm³/mol. The Morgan fingerprint density at radius 2 is 1.88 bits per heavy atom. The SMILES string of the molecule is CC.O=C(CC(F)(F)F)NC1C=CC[C@@H](CCN2CCC(c3cccc4c3OCO4)CC2)CC1. The summed E-state index contributed by atoms with van der Waals surface area (Å²) in [5, 5.41) is 2.50. The Bertz CT molecular complexity index is 820. The van der Waals surface area contributed by atoms with E-state index in [0.717, 1.165) is 63.2 Å². The Morgan fingerprint density at radius 1 is 1.12 bits per heavy atom. The van der Waals surface area contributed by atoms with Gasteiger partial charge < -0.3 is 19.7 Å². The first-order valence-corrected chi connectivity index (χ1v) is 12.5. The quantitative estimate of drug-likeness (QED) is 0.521. The lowest BCUT2D eigenvalue weighted by Crippen LogP contribution is -2.36. The first kappa shape index (κ1) is 26.4. The molecule has 34 heavy (non-hydrogen) atoms. The van der Waals surface area contributed by atoms with Gasteiger partial charge in [-0.15, -0.1) is 0 Å². The number of nitrogens with one attached hydrogen (secondary N) is 1. The summed E-state index contributed by atoms with van der Waals surface area (Å²) in [5.74, 6) is 1.79. The van der Waals surface area contributed by atoms with Crippen LogP contribution in [-0.4, -0.2) is 49.5 Å². The minimum atomic E-state index is -4.46. The van der Waals surface area contributed by atoms with E-state index in [-0.39, 0.29) is 6.04 Å². The van der Waals surface area contributed by atoms with Crippen LogP contribution in [0.4, 0.5) is 13.2 Å². The smallest absolute Gasteiger partial charge is 0.397 e. The van der Waals surface area contributed by atoms with Gasteiger partial charge in [-0.1, -0.05) is 38.1 Å². The van der Waals surface area contributed by atoms with Crippen molar-refractivity contribution in [2.75, 3.05) is 26.4 Å². The highest BCUT2D eigenvalue weighted by molar-refractivity contribution is 5.77. The average Bonchev–Trinajstić information content (AvgIpc) is 3.19. The zero-order valence-corrected chi connectivity index (χ0v) is 20.2. The number of fused-ring (bicyclic) bond motifs is 1. The molecule has 2 atom stereocenters. The number of hydrogen-bond donors (Lipinski definition) is 1. The Morgan fingerprint density at radius 3 is 2.62 bits per heavy atom. The maximum absolute atomic E-state index is 12.4. The minimum Gasteiger partial charge on any atom is -0.454 e. The Balaban J connectivity index is 0.00000158. The van der Waals surface area contributed by atoms with E-state index < -0.39 is 18.5 Å². The summed E-state index contributed by atoms with van der Waals surface area (Å²) in [6, 6.07) is 5.84. The second-order valence-corrected chi connectivity index (χ2v) is 9.06. The van der Waals surface area contributed by atoms with Crippen molar-refractivity contribution in [3.63, 3.8) is 0 Å². The van der Waals surface area contributed by atoms with Gasteiger partial charge in [-0.25, -0.2) is 0 Å². The van der Waals surface area contributed by atoms with Crippen molar-refractivity contribution in [3.05, 3.63) is 35.9 Å².